The highest BCUT2D eigenvalue weighted by atomic mass is 35.5. The minimum atomic E-state index is -3.63. The molecule has 1 atom stereocenters. The lowest BCUT2D eigenvalue weighted by molar-refractivity contribution is 0.534. The van der Waals surface area contributed by atoms with Crippen molar-refractivity contribution in [2.24, 2.45) is 0 Å². The fraction of sp³-hybridized carbons (Fsp3) is 0.545. The SMILES string of the molecule is CCCCC(C)NS(=O)(=O)c1c[nH]c(=O)c(Cl)c1. The van der Waals surface area contributed by atoms with Gasteiger partial charge in [-0.15, -0.1) is 0 Å². The normalized spacial score (nSPS) is 13.5. The molecule has 0 aliphatic rings. The highest BCUT2D eigenvalue weighted by Gasteiger charge is 2.18. The third-order valence-corrected chi connectivity index (χ3v) is 4.34. The van der Waals surface area contributed by atoms with E-state index in [-0.39, 0.29) is 16.0 Å². The van der Waals surface area contributed by atoms with Crippen LogP contribution in [0.15, 0.2) is 22.0 Å². The van der Waals surface area contributed by atoms with Gasteiger partial charge in [-0.2, -0.15) is 0 Å². The zero-order valence-corrected chi connectivity index (χ0v) is 11.9. The number of H-pyrrole nitrogens is 1. The predicted molar refractivity (Wildman–Crippen MR) is 71.4 cm³/mol. The zero-order valence-electron chi connectivity index (χ0n) is 10.4. The van der Waals surface area contributed by atoms with Crippen LogP contribution in [0.1, 0.15) is 33.1 Å². The van der Waals surface area contributed by atoms with Crippen molar-refractivity contribution in [3.8, 4) is 0 Å². The second-order valence-corrected chi connectivity index (χ2v) is 6.30. The van der Waals surface area contributed by atoms with E-state index in [0.717, 1.165) is 31.5 Å². The van der Waals surface area contributed by atoms with Crippen molar-refractivity contribution in [1.29, 1.82) is 0 Å². The van der Waals surface area contributed by atoms with E-state index in [0.29, 0.717) is 0 Å². The van der Waals surface area contributed by atoms with Crippen molar-refractivity contribution in [3.05, 3.63) is 27.6 Å². The van der Waals surface area contributed by atoms with Gasteiger partial charge in [-0.05, 0) is 19.4 Å². The maximum atomic E-state index is 12.0. The first-order chi connectivity index (χ1) is 8.36. The second kappa shape index (κ2) is 6.36. The van der Waals surface area contributed by atoms with Gasteiger partial charge in [-0.3, -0.25) is 4.79 Å². The van der Waals surface area contributed by atoms with Crippen LogP contribution in [0.5, 0.6) is 0 Å². The highest BCUT2D eigenvalue weighted by Crippen LogP contribution is 2.12. The topological polar surface area (TPSA) is 79.0 Å². The largest absolute Gasteiger partial charge is 0.326 e. The van der Waals surface area contributed by atoms with Crippen LogP contribution in [0.25, 0.3) is 0 Å². The smallest absolute Gasteiger partial charge is 0.266 e. The van der Waals surface area contributed by atoms with E-state index in [1.807, 2.05) is 6.92 Å². The molecule has 0 spiro atoms. The molecular formula is C11H17ClN2O3S. The van der Waals surface area contributed by atoms with E-state index < -0.39 is 15.6 Å². The Morgan fingerprint density at radius 3 is 2.72 bits per heavy atom. The Morgan fingerprint density at radius 1 is 1.50 bits per heavy atom. The molecule has 0 aliphatic carbocycles. The predicted octanol–water partition coefficient (Wildman–Crippen LogP) is 1.89. The third kappa shape index (κ3) is 4.12. The van der Waals surface area contributed by atoms with Crippen LogP contribution < -0.4 is 10.3 Å². The lowest BCUT2D eigenvalue weighted by Gasteiger charge is -2.13. The molecule has 1 aromatic heterocycles. The summed E-state index contributed by atoms with van der Waals surface area (Å²) in [6, 6.07) is 0.996. The fourth-order valence-electron chi connectivity index (χ4n) is 1.50. The van der Waals surface area contributed by atoms with E-state index in [4.69, 9.17) is 11.6 Å². The fourth-order valence-corrected chi connectivity index (χ4v) is 3.00. The summed E-state index contributed by atoms with van der Waals surface area (Å²) in [5.74, 6) is 0. The maximum Gasteiger partial charge on any atom is 0.266 e. The Hall–Kier alpha value is -0.850. The average Bonchev–Trinajstić information content (AvgIpc) is 2.29. The van der Waals surface area contributed by atoms with Gasteiger partial charge in [-0.1, -0.05) is 31.4 Å². The van der Waals surface area contributed by atoms with Crippen LogP contribution in [0.4, 0.5) is 0 Å². The van der Waals surface area contributed by atoms with Gasteiger partial charge in [-0.25, -0.2) is 13.1 Å². The molecule has 5 nitrogen and oxygen atoms in total. The van der Waals surface area contributed by atoms with Crippen LogP contribution in [-0.4, -0.2) is 19.4 Å². The molecule has 0 amide bonds. The molecule has 0 aromatic carbocycles. The Labute approximate surface area is 112 Å². The van der Waals surface area contributed by atoms with Gasteiger partial charge in [0.2, 0.25) is 10.0 Å². The van der Waals surface area contributed by atoms with Crippen molar-refractivity contribution >= 4 is 21.6 Å². The van der Waals surface area contributed by atoms with E-state index in [9.17, 15) is 13.2 Å². The monoisotopic (exact) mass is 292 g/mol. The van der Waals surface area contributed by atoms with E-state index in [2.05, 4.69) is 9.71 Å². The molecule has 1 aromatic rings. The summed E-state index contributed by atoms with van der Waals surface area (Å²) in [5, 5.41) is -0.140. The first-order valence-electron chi connectivity index (χ1n) is 5.77. The quantitative estimate of drug-likeness (QED) is 0.840. The number of sulfonamides is 1. The van der Waals surface area contributed by atoms with Crippen molar-refractivity contribution in [1.82, 2.24) is 9.71 Å². The number of aromatic amines is 1. The number of rotatable bonds is 6. The summed E-state index contributed by atoms with van der Waals surface area (Å²) in [7, 11) is -3.63. The van der Waals surface area contributed by atoms with Crippen molar-refractivity contribution < 1.29 is 8.42 Å². The Bertz CT molecular complexity index is 554. The molecule has 0 saturated carbocycles. The molecule has 2 N–H and O–H groups in total. The number of hydrogen-bond donors (Lipinski definition) is 2. The van der Waals surface area contributed by atoms with Crippen molar-refractivity contribution in [2.45, 2.75) is 44.0 Å². The summed E-state index contributed by atoms with van der Waals surface area (Å²) in [6.45, 7) is 3.85. The number of aromatic nitrogens is 1. The van der Waals surface area contributed by atoms with Crippen LogP contribution in [0.3, 0.4) is 0 Å². The maximum absolute atomic E-state index is 12.0. The lowest BCUT2D eigenvalue weighted by Crippen LogP contribution is -2.32. The van der Waals surface area contributed by atoms with Gasteiger partial charge in [0.25, 0.3) is 5.56 Å². The average molecular weight is 293 g/mol. The summed E-state index contributed by atoms with van der Waals surface area (Å²) < 4.78 is 26.5. The molecule has 0 saturated heterocycles. The molecular weight excluding hydrogens is 276 g/mol. The van der Waals surface area contributed by atoms with E-state index >= 15 is 0 Å². The number of pyridine rings is 1. The summed E-state index contributed by atoms with van der Waals surface area (Å²) in [6.07, 6.45) is 3.88. The zero-order chi connectivity index (χ0) is 13.8. The molecule has 1 heterocycles. The van der Waals surface area contributed by atoms with Gasteiger partial charge < -0.3 is 4.98 Å². The summed E-state index contributed by atoms with van der Waals surface area (Å²) in [5.41, 5.74) is -0.505. The molecule has 1 unspecified atom stereocenters. The lowest BCUT2D eigenvalue weighted by atomic mass is 10.2. The standard InChI is InChI=1S/C11H17ClN2O3S/c1-3-4-5-8(2)14-18(16,17)9-6-10(12)11(15)13-7-9/h6-8,14H,3-5H2,1-2H3,(H,13,15). The van der Waals surface area contributed by atoms with E-state index in [1.165, 1.54) is 0 Å². The van der Waals surface area contributed by atoms with Gasteiger partial charge in [0.1, 0.15) is 5.02 Å². The first kappa shape index (κ1) is 15.2. The van der Waals surface area contributed by atoms with Crippen molar-refractivity contribution in [3.63, 3.8) is 0 Å². The number of unbranched alkanes of at least 4 members (excludes halogenated alkanes) is 1. The Kier molecular flexibility index (Phi) is 5.37. The van der Waals surface area contributed by atoms with Gasteiger partial charge in [0.15, 0.2) is 0 Å². The van der Waals surface area contributed by atoms with Crippen LogP contribution in [0, 0.1) is 0 Å². The second-order valence-electron chi connectivity index (χ2n) is 4.18. The number of halogens is 1. The summed E-state index contributed by atoms with van der Waals surface area (Å²) >= 11 is 5.60. The molecule has 0 aliphatic heterocycles. The third-order valence-electron chi connectivity index (χ3n) is 2.49. The van der Waals surface area contributed by atoms with E-state index in [1.54, 1.807) is 6.92 Å². The molecule has 1 rings (SSSR count). The number of hydrogen-bond acceptors (Lipinski definition) is 3. The van der Waals surface area contributed by atoms with Crippen molar-refractivity contribution in [2.75, 3.05) is 0 Å². The minimum Gasteiger partial charge on any atom is -0.326 e. The molecule has 102 valence electrons. The molecule has 0 fully saturated rings. The molecule has 7 heteroatoms. The Morgan fingerprint density at radius 2 is 2.17 bits per heavy atom. The van der Waals surface area contributed by atoms with Crippen LogP contribution >= 0.6 is 11.6 Å². The van der Waals surface area contributed by atoms with Gasteiger partial charge >= 0.3 is 0 Å². The van der Waals surface area contributed by atoms with Gasteiger partial charge in [0.05, 0.1) is 4.90 Å². The highest BCUT2D eigenvalue weighted by molar-refractivity contribution is 7.89. The van der Waals surface area contributed by atoms with Crippen LogP contribution in [-0.2, 0) is 10.0 Å². The molecule has 0 radical (unpaired) electrons. The Balaban J connectivity index is 2.86. The summed E-state index contributed by atoms with van der Waals surface area (Å²) in [4.78, 5) is 13.3. The number of nitrogens with one attached hydrogen (secondary N) is 2. The van der Waals surface area contributed by atoms with Crippen LogP contribution in [0.2, 0.25) is 5.02 Å². The molecule has 0 bridgehead atoms. The minimum absolute atomic E-state index is 0.0320. The first-order valence-corrected chi connectivity index (χ1v) is 7.63. The molecule has 18 heavy (non-hydrogen) atoms. The van der Waals surface area contributed by atoms with Gasteiger partial charge in [0, 0.05) is 12.2 Å².